The number of nitrogens with zero attached hydrogens (tertiary/aromatic N) is 3. The Morgan fingerprint density at radius 1 is 1.40 bits per heavy atom. The molecule has 78 valence electrons. The Kier molecular flexibility index (Phi) is 2.26. The predicted molar refractivity (Wildman–Crippen MR) is 58.1 cm³/mol. The molecule has 0 unspecified atom stereocenters. The van der Waals surface area contributed by atoms with Gasteiger partial charge in [0.25, 0.3) is 5.56 Å². The molecule has 0 N–H and O–H groups in total. The van der Waals surface area contributed by atoms with Gasteiger partial charge in [0.1, 0.15) is 0 Å². The highest BCUT2D eigenvalue weighted by Crippen LogP contribution is 2.16. The van der Waals surface area contributed by atoms with Gasteiger partial charge in [0.05, 0.1) is 5.69 Å². The van der Waals surface area contributed by atoms with Gasteiger partial charge in [0, 0.05) is 12.3 Å². The first-order valence-corrected chi connectivity index (χ1v) is 4.95. The van der Waals surface area contributed by atoms with E-state index in [-0.39, 0.29) is 5.56 Å². The molecule has 0 spiro atoms. The van der Waals surface area contributed by atoms with E-state index in [1.807, 2.05) is 13.0 Å². The van der Waals surface area contributed by atoms with Crippen LogP contribution in [0.3, 0.4) is 0 Å². The van der Waals surface area contributed by atoms with Crippen molar-refractivity contribution in [2.24, 2.45) is 0 Å². The van der Waals surface area contributed by atoms with Crippen LogP contribution in [0.2, 0.25) is 0 Å². The molecule has 0 fully saturated rings. The quantitative estimate of drug-likeness (QED) is 0.706. The molecule has 4 heteroatoms. The molecule has 0 aromatic carbocycles. The molecule has 2 aromatic rings. The van der Waals surface area contributed by atoms with Crippen LogP contribution in [-0.2, 0) is 0 Å². The maximum absolute atomic E-state index is 11.1. The average Bonchev–Trinajstić information content (AvgIpc) is 2.15. The summed E-state index contributed by atoms with van der Waals surface area (Å²) in [7, 11) is 0. The van der Waals surface area contributed by atoms with Crippen LogP contribution < -0.4 is 5.56 Å². The van der Waals surface area contributed by atoms with E-state index in [4.69, 9.17) is 0 Å². The van der Waals surface area contributed by atoms with E-state index < -0.39 is 0 Å². The summed E-state index contributed by atoms with van der Waals surface area (Å²) in [6, 6.07) is 3.31. The number of fused-ring (bicyclic) bond motifs is 1. The SMILES string of the molecule is Cc1cc2nc(=O)ccn2nc1C(C)C. The highest BCUT2D eigenvalue weighted by Gasteiger charge is 2.07. The van der Waals surface area contributed by atoms with E-state index in [2.05, 4.69) is 23.9 Å². The van der Waals surface area contributed by atoms with Gasteiger partial charge in [0.2, 0.25) is 0 Å². The van der Waals surface area contributed by atoms with Gasteiger partial charge in [-0.05, 0) is 24.5 Å². The van der Waals surface area contributed by atoms with Crippen LogP contribution >= 0.6 is 0 Å². The van der Waals surface area contributed by atoms with Crippen LogP contribution in [0.1, 0.15) is 31.0 Å². The molecular formula is C11H13N3O. The van der Waals surface area contributed by atoms with Crippen molar-refractivity contribution in [3.63, 3.8) is 0 Å². The first-order valence-electron chi connectivity index (χ1n) is 4.95. The first-order chi connectivity index (χ1) is 7.08. The van der Waals surface area contributed by atoms with Crippen LogP contribution in [0.25, 0.3) is 5.65 Å². The van der Waals surface area contributed by atoms with Crippen molar-refractivity contribution in [3.8, 4) is 0 Å². The third-order valence-corrected chi connectivity index (χ3v) is 2.33. The van der Waals surface area contributed by atoms with Gasteiger partial charge in [-0.3, -0.25) is 4.79 Å². The molecule has 0 atom stereocenters. The molecule has 0 aliphatic heterocycles. The molecule has 0 saturated heterocycles. The summed E-state index contributed by atoms with van der Waals surface area (Å²) in [4.78, 5) is 14.9. The van der Waals surface area contributed by atoms with Crippen molar-refractivity contribution < 1.29 is 0 Å². The molecule has 4 nitrogen and oxygen atoms in total. The Balaban J connectivity index is 2.76. The van der Waals surface area contributed by atoms with Crippen molar-refractivity contribution in [3.05, 3.63) is 39.9 Å². The third-order valence-electron chi connectivity index (χ3n) is 2.33. The molecule has 2 rings (SSSR count). The molecule has 2 aromatic heterocycles. The fourth-order valence-electron chi connectivity index (χ4n) is 1.63. The van der Waals surface area contributed by atoms with E-state index in [0.29, 0.717) is 11.6 Å². The zero-order valence-corrected chi connectivity index (χ0v) is 9.06. The standard InChI is InChI=1S/C11H13N3O/c1-7(2)11-8(3)6-9-12-10(15)4-5-14(9)13-11/h4-7H,1-3H3. The Morgan fingerprint density at radius 3 is 2.80 bits per heavy atom. The molecule has 0 saturated carbocycles. The van der Waals surface area contributed by atoms with Crippen LogP contribution in [0.15, 0.2) is 23.1 Å². The monoisotopic (exact) mass is 203 g/mol. The van der Waals surface area contributed by atoms with Crippen LogP contribution in [-0.4, -0.2) is 14.6 Å². The smallest absolute Gasteiger partial charge is 0.267 e. The minimum atomic E-state index is -0.228. The molecule has 0 radical (unpaired) electrons. The molecule has 0 bridgehead atoms. The second kappa shape index (κ2) is 3.46. The number of aryl methyl sites for hydroxylation is 1. The maximum Gasteiger partial charge on any atom is 0.273 e. The van der Waals surface area contributed by atoms with Gasteiger partial charge in [-0.25, -0.2) is 4.52 Å². The summed E-state index contributed by atoms with van der Waals surface area (Å²) in [6.07, 6.45) is 1.65. The van der Waals surface area contributed by atoms with Crippen LogP contribution in [0.5, 0.6) is 0 Å². The largest absolute Gasteiger partial charge is 0.273 e. The van der Waals surface area contributed by atoms with E-state index >= 15 is 0 Å². The lowest BCUT2D eigenvalue weighted by Crippen LogP contribution is -2.11. The van der Waals surface area contributed by atoms with Gasteiger partial charge in [-0.15, -0.1) is 0 Å². The van der Waals surface area contributed by atoms with Crippen molar-refractivity contribution in [2.45, 2.75) is 26.7 Å². The van der Waals surface area contributed by atoms with Crippen LogP contribution in [0.4, 0.5) is 0 Å². The molecule has 0 amide bonds. The number of hydrogen-bond donors (Lipinski definition) is 0. The fourth-order valence-corrected chi connectivity index (χ4v) is 1.63. The molecular weight excluding hydrogens is 190 g/mol. The summed E-state index contributed by atoms with van der Waals surface area (Å²) in [5, 5.41) is 4.43. The number of aromatic nitrogens is 3. The average molecular weight is 203 g/mol. The lowest BCUT2D eigenvalue weighted by atomic mass is 10.1. The van der Waals surface area contributed by atoms with Gasteiger partial charge in [-0.2, -0.15) is 10.1 Å². The van der Waals surface area contributed by atoms with Gasteiger partial charge in [-0.1, -0.05) is 13.8 Å². The highest BCUT2D eigenvalue weighted by molar-refractivity contribution is 5.40. The normalized spacial score (nSPS) is 11.2. The Labute approximate surface area is 87.6 Å². The third kappa shape index (κ3) is 1.75. The second-order valence-corrected chi connectivity index (χ2v) is 3.94. The summed E-state index contributed by atoms with van der Waals surface area (Å²) >= 11 is 0. The van der Waals surface area contributed by atoms with Crippen molar-refractivity contribution in [1.82, 2.24) is 14.6 Å². The lowest BCUT2D eigenvalue weighted by Gasteiger charge is -2.09. The summed E-state index contributed by atoms with van der Waals surface area (Å²) in [5.74, 6) is 0.369. The summed E-state index contributed by atoms with van der Waals surface area (Å²) in [5.41, 5.74) is 2.48. The predicted octanol–water partition coefficient (Wildman–Crippen LogP) is 1.52. The molecule has 15 heavy (non-hydrogen) atoms. The van der Waals surface area contributed by atoms with Crippen molar-refractivity contribution >= 4 is 5.65 Å². The van der Waals surface area contributed by atoms with Crippen molar-refractivity contribution in [1.29, 1.82) is 0 Å². The van der Waals surface area contributed by atoms with Crippen molar-refractivity contribution in [2.75, 3.05) is 0 Å². The Hall–Kier alpha value is -1.71. The van der Waals surface area contributed by atoms with Gasteiger partial charge >= 0.3 is 0 Å². The summed E-state index contributed by atoms with van der Waals surface area (Å²) < 4.78 is 1.64. The van der Waals surface area contributed by atoms with Gasteiger partial charge in [0.15, 0.2) is 5.65 Å². The minimum Gasteiger partial charge on any atom is -0.267 e. The molecule has 2 heterocycles. The Morgan fingerprint density at radius 2 is 2.13 bits per heavy atom. The highest BCUT2D eigenvalue weighted by atomic mass is 16.1. The Bertz CT molecular complexity index is 557. The van der Waals surface area contributed by atoms with E-state index in [1.54, 1.807) is 10.7 Å². The fraction of sp³-hybridized carbons (Fsp3) is 0.364. The molecule has 0 aliphatic carbocycles. The van der Waals surface area contributed by atoms with Gasteiger partial charge < -0.3 is 0 Å². The second-order valence-electron chi connectivity index (χ2n) is 3.94. The number of rotatable bonds is 1. The minimum absolute atomic E-state index is 0.228. The zero-order valence-electron chi connectivity index (χ0n) is 9.06. The zero-order chi connectivity index (χ0) is 11.0. The van der Waals surface area contributed by atoms with E-state index in [0.717, 1.165) is 11.3 Å². The molecule has 0 aliphatic rings. The summed E-state index contributed by atoms with van der Waals surface area (Å²) in [6.45, 7) is 6.18. The lowest BCUT2D eigenvalue weighted by molar-refractivity contribution is 0.744. The van der Waals surface area contributed by atoms with E-state index in [1.165, 1.54) is 6.07 Å². The number of hydrogen-bond acceptors (Lipinski definition) is 3. The maximum atomic E-state index is 11.1. The van der Waals surface area contributed by atoms with E-state index in [9.17, 15) is 4.79 Å². The topological polar surface area (TPSA) is 47.3 Å². The first kappa shape index (κ1) is 9.83. The van der Waals surface area contributed by atoms with Crippen LogP contribution in [0, 0.1) is 6.92 Å².